The molecule has 4 rings (SSSR count). The Morgan fingerprint density at radius 1 is 1.38 bits per heavy atom. The lowest BCUT2D eigenvalue weighted by Crippen LogP contribution is -2.46. The summed E-state index contributed by atoms with van der Waals surface area (Å²) in [6.07, 6.45) is -1.72. The molecule has 0 radical (unpaired) electrons. The molecule has 0 amide bonds. The lowest BCUT2D eigenvalue weighted by molar-refractivity contribution is -0.162. The van der Waals surface area contributed by atoms with E-state index in [0.29, 0.717) is 28.8 Å². The topological polar surface area (TPSA) is 62.3 Å². The number of aromatic nitrogens is 1. The number of carbonyl (C=O) groups is 1. The highest BCUT2D eigenvalue weighted by atomic mass is 19.4. The summed E-state index contributed by atoms with van der Waals surface area (Å²) in [6.45, 7) is 1.99. The minimum Gasteiger partial charge on any atom is -0.481 e. The fourth-order valence-electron chi connectivity index (χ4n) is 4.47. The lowest BCUT2D eigenvalue weighted by atomic mass is 9.68. The third-order valence-corrected chi connectivity index (χ3v) is 5.89. The smallest absolute Gasteiger partial charge is 0.417 e. The second kappa shape index (κ2) is 5.74. The van der Waals surface area contributed by atoms with Gasteiger partial charge in [0.05, 0.1) is 24.3 Å². The van der Waals surface area contributed by atoms with Crippen molar-refractivity contribution in [2.75, 3.05) is 6.61 Å². The number of halogens is 3. The van der Waals surface area contributed by atoms with E-state index in [9.17, 15) is 23.1 Å². The van der Waals surface area contributed by atoms with Crippen LogP contribution in [0.15, 0.2) is 12.1 Å². The molecule has 1 saturated carbocycles. The third kappa shape index (κ3) is 2.44. The predicted molar refractivity (Wildman–Crippen MR) is 89.0 cm³/mol. The van der Waals surface area contributed by atoms with Gasteiger partial charge in [-0.25, -0.2) is 0 Å². The molecule has 1 atom stereocenters. The number of alkyl halides is 3. The van der Waals surface area contributed by atoms with Gasteiger partial charge in [0.1, 0.15) is 5.60 Å². The van der Waals surface area contributed by atoms with Gasteiger partial charge in [0, 0.05) is 10.9 Å². The van der Waals surface area contributed by atoms with Crippen molar-refractivity contribution in [2.45, 2.75) is 50.8 Å². The highest BCUT2D eigenvalue weighted by Crippen LogP contribution is 2.52. The number of benzene rings is 1. The number of aryl methyl sites for hydroxylation is 1. The molecular weight excluding hydrogens is 347 g/mol. The van der Waals surface area contributed by atoms with E-state index in [1.54, 1.807) is 6.92 Å². The Kier molecular flexibility index (Phi) is 3.84. The van der Waals surface area contributed by atoms with Gasteiger partial charge in [-0.2, -0.15) is 13.2 Å². The average Bonchev–Trinajstić information content (AvgIpc) is 2.86. The summed E-state index contributed by atoms with van der Waals surface area (Å²) in [5.41, 5.74) is 0.507. The summed E-state index contributed by atoms with van der Waals surface area (Å²) in [5.74, 6) is -0.989. The van der Waals surface area contributed by atoms with Crippen LogP contribution in [-0.2, 0) is 27.7 Å². The number of H-pyrrole nitrogens is 1. The minimum atomic E-state index is -4.47. The van der Waals surface area contributed by atoms with Crippen LogP contribution >= 0.6 is 0 Å². The molecule has 1 aliphatic heterocycles. The number of carboxylic acids is 1. The molecule has 4 nitrogen and oxygen atoms in total. The minimum absolute atomic E-state index is 0.0142. The maximum absolute atomic E-state index is 13.6. The fourth-order valence-corrected chi connectivity index (χ4v) is 4.47. The summed E-state index contributed by atoms with van der Waals surface area (Å²) in [6, 6.07) is 2.57. The van der Waals surface area contributed by atoms with Crippen molar-refractivity contribution in [3.05, 3.63) is 34.5 Å². The molecule has 2 N–H and O–H groups in total. The van der Waals surface area contributed by atoms with Crippen LogP contribution in [0.3, 0.4) is 0 Å². The maximum Gasteiger partial charge on any atom is 0.417 e. The molecule has 1 unspecified atom stereocenters. The number of aromatic amines is 1. The molecule has 2 aromatic rings. The molecule has 2 aliphatic rings. The molecule has 1 fully saturated rings. The van der Waals surface area contributed by atoms with E-state index in [0.717, 1.165) is 25.3 Å². The highest BCUT2D eigenvalue weighted by Gasteiger charge is 2.51. The van der Waals surface area contributed by atoms with Crippen molar-refractivity contribution in [3.8, 4) is 0 Å². The Bertz CT molecular complexity index is 882. The van der Waals surface area contributed by atoms with Crippen molar-refractivity contribution in [1.29, 1.82) is 0 Å². The van der Waals surface area contributed by atoms with Crippen LogP contribution in [0.4, 0.5) is 13.2 Å². The highest BCUT2D eigenvalue weighted by molar-refractivity contribution is 5.91. The molecule has 7 heteroatoms. The van der Waals surface area contributed by atoms with E-state index >= 15 is 0 Å². The lowest BCUT2D eigenvalue weighted by Gasteiger charge is -2.46. The van der Waals surface area contributed by atoms with Gasteiger partial charge in [-0.3, -0.25) is 4.79 Å². The van der Waals surface area contributed by atoms with E-state index in [1.807, 2.05) is 0 Å². The van der Waals surface area contributed by atoms with E-state index in [2.05, 4.69) is 4.98 Å². The summed E-state index contributed by atoms with van der Waals surface area (Å²) in [4.78, 5) is 14.7. The predicted octanol–water partition coefficient (Wildman–Crippen LogP) is 4.54. The monoisotopic (exact) mass is 367 g/mol. The second-order valence-electron chi connectivity index (χ2n) is 7.34. The van der Waals surface area contributed by atoms with Crippen LogP contribution in [0.2, 0.25) is 0 Å². The molecule has 1 aliphatic carbocycles. The van der Waals surface area contributed by atoms with Crippen LogP contribution in [0.5, 0.6) is 0 Å². The van der Waals surface area contributed by atoms with Crippen molar-refractivity contribution in [3.63, 3.8) is 0 Å². The van der Waals surface area contributed by atoms with Crippen LogP contribution in [-0.4, -0.2) is 22.7 Å². The Morgan fingerprint density at radius 2 is 2.12 bits per heavy atom. The van der Waals surface area contributed by atoms with Crippen molar-refractivity contribution < 1.29 is 27.8 Å². The number of aliphatic carboxylic acids is 1. The number of hydrogen-bond donors (Lipinski definition) is 2. The number of fused-ring (bicyclic) bond motifs is 3. The van der Waals surface area contributed by atoms with Crippen LogP contribution in [0.25, 0.3) is 10.9 Å². The third-order valence-electron chi connectivity index (χ3n) is 5.89. The summed E-state index contributed by atoms with van der Waals surface area (Å²) in [5, 5.41) is 9.64. The number of nitrogens with one attached hydrogen (secondary N) is 1. The van der Waals surface area contributed by atoms with Gasteiger partial charge in [-0.1, -0.05) is 12.5 Å². The summed E-state index contributed by atoms with van der Waals surface area (Å²) < 4.78 is 46.8. The van der Waals surface area contributed by atoms with E-state index in [-0.39, 0.29) is 24.3 Å². The first kappa shape index (κ1) is 17.4. The Hall–Kier alpha value is -2.02. The first-order chi connectivity index (χ1) is 12.2. The molecule has 140 valence electrons. The Labute approximate surface area is 148 Å². The molecule has 26 heavy (non-hydrogen) atoms. The standard InChI is InChI=1S/C19H20F3NO3/c1-10-5-6-13(19(20,21)22)15-12-7-8-26-18(9-14(24)25,11-3-2-4-11)17(12)23-16(10)15/h5-6,11,23H,2-4,7-9H2,1H3,(H,24,25). The van der Waals surface area contributed by atoms with E-state index in [4.69, 9.17) is 4.74 Å². The van der Waals surface area contributed by atoms with Gasteiger partial charge < -0.3 is 14.8 Å². The van der Waals surface area contributed by atoms with Gasteiger partial charge in [0.25, 0.3) is 0 Å². The normalized spacial score (nSPS) is 23.7. The molecular formula is C19H20F3NO3. The zero-order chi connectivity index (χ0) is 18.7. The van der Waals surface area contributed by atoms with Crippen molar-refractivity contribution in [2.24, 2.45) is 5.92 Å². The quantitative estimate of drug-likeness (QED) is 0.837. The number of hydrogen-bond acceptors (Lipinski definition) is 2. The molecule has 0 spiro atoms. The van der Waals surface area contributed by atoms with Gasteiger partial charge in [0.2, 0.25) is 0 Å². The first-order valence-corrected chi connectivity index (χ1v) is 8.81. The van der Waals surface area contributed by atoms with E-state index in [1.165, 1.54) is 6.07 Å². The van der Waals surface area contributed by atoms with Gasteiger partial charge in [-0.15, -0.1) is 0 Å². The summed E-state index contributed by atoms with van der Waals surface area (Å²) >= 11 is 0. The fraction of sp³-hybridized carbons (Fsp3) is 0.526. The largest absolute Gasteiger partial charge is 0.481 e. The van der Waals surface area contributed by atoms with Crippen LogP contribution < -0.4 is 0 Å². The summed E-state index contributed by atoms with van der Waals surface area (Å²) in [7, 11) is 0. The molecule has 0 saturated heterocycles. The van der Waals surface area contributed by atoms with Crippen LogP contribution in [0, 0.1) is 12.8 Å². The van der Waals surface area contributed by atoms with E-state index < -0.39 is 23.3 Å². The Balaban J connectivity index is 2.01. The number of rotatable bonds is 3. The second-order valence-corrected chi connectivity index (χ2v) is 7.34. The molecule has 1 aromatic carbocycles. The zero-order valence-corrected chi connectivity index (χ0v) is 14.4. The van der Waals surface area contributed by atoms with Gasteiger partial charge in [0.15, 0.2) is 0 Å². The van der Waals surface area contributed by atoms with Gasteiger partial charge >= 0.3 is 12.1 Å². The number of ether oxygens (including phenoxy) is 1. The molecule has 0 bridgehead atoms. The SMILES string of the molecule is Cc1ccc(C(F)(F)F)c2c3c([nH]c12)C(CC(=O)O)(C1CCC1)OCC3. The maximum atomic E-state index is 13.6. The van der Waals surface area contributed by atoms with Crippen LogP contribution in [0.1, 0.15) is 48.1 Å². The van der Waals surface area contributed by atoms with Gasteiger partial charge in [-0.05, 0) is 49.3 Å². The first-order valence-electron chi connectivity index (χ1n) is 8.81. The average molecular weight is 367 g/mol. The number of carboxylic acid groups (broad SMARTS) is 1. The zero-order valence-electron chi connectivity index (χ0n) is 14.4. The van der Waals surface area contributed by atoms with Crippen molar-refractivity contribution >= 4 is 16.9 Å². The van der Waals surface area contributed by atoms with Crippen molar-refractivity contribution in [1.82, 2.24) is 4.98 Å². The molecule has 1 aromatic heterocycles. The molecule has 2 heterocycles. The Morgan fingerprint density at radius 3 is 2.69 bits per heavy atom.